The quantitative estimate of drug-likeness (QED) is 0.639. The van der Waals surface area contributed by atoms with Crippen molar-refractivity contribution in [2.24, 2.45) is 5.92 Å². The summed E-state index contributed by atoms with van der Waals surface area (Å²) in [6, 6.07) is 15.8. The van der Waals surface area contributed by atoms with Crippen LogP contribution in [0.4, 0.5) is 0 Å². The smallest absolute Gasteiger partial charge is 0.308 e. The average molecular weight is 396 g/mol. The molecule has 0 aromatic heterocycles. The summed E-state index contributed by atoms with van der Waals surface area (Å²) in [5.74, 6) is -1.20. The largest absolute Gasteiger partial charge is 0.494 e. The van der Waals surface area contributed by atoms with Crippen molar-refractivity contribution in [3.63, 3.8) is 0 Å². The van der Waals surface area contributed by atoms with E-state index < -0.39 is 23.9 Å². The number of nitrogens with one attached hydrogen (secondary N) is 1. The molecule has 0 fully saturated rings. The third-order valence-electron chi connectivity index (χ3n) is 4.27. The number of nitriles is 1. The highest BCUT2D eigenvalue weighted by atomic mass is 16.5. The van der Waals surface area contributed by atoms with Crippen LogP contribution in [0.1, 0.15) is 25.0 Å². The Labute approximate surface area is 169 Å². The van der Waals surface area contributed by atoms with Gasteiger partial charge in [0.25, 0.3) is 5.91 Å². The lowest BCUT2D eigenvalue weighted by Crippen LogP contribution is -2.41. The minimum absolute atomic E-state index is 0.0328. The summed E-state index contributed by atoms with van der Waals surface area (Å²) in [6.45, 7) is 3.96. The summed E-state index contributed by atoms with van der Waals surface area (Å²) in [6.07, 6.45) is -0.599. The van der Waals surface area contributed by atoms with Crippen LogP contribution in [-0.4, -0.2) is 36.2 Å². The van der Waals surface area contributed by atoms with E-state index in [0.717, 1.165) is 11.3 Å². The van der Waals surface area contributed by atoms with Gasteiger partial charge in [0, 0.05) is 6.54 Å². The number of aliphatic carboxylic acids is 1. The summed E-state index contributed by atoms with van der Waals surface area (Å²) >= 11 is 0. The number of carboxylic acid groups (broad SMARTS) is 1. The molecule has 0 aliphatic heterocycles. The molecule has 152 valence electrons. The molecule has 2 N–H and O–H groups in total. The molecule has 0 aliphatic rings. The Morgan fingerprint density at radius 3 is 2.48 bits per heavy atom. The highest BCUT2D eigenvalue weighted by Gasteiger charge is 2.22. The monoisotopic (exact) mass is 396 g/mol. The molecule has 1 amide bonds. The second-order valence-electron chi connectivity index (χ2n) is 6.43. The van der Waals surface area contributed by atoms with E-state index in [-0.39, 0.29) is 13.0 Å². The first-order chi connectivity index (χ1) is 13.9. The molecule has 0 saturated carbocycles. The fourth-order valence-electron chi connectivity index (χ4n) is 2.69. The Bertz CT molecular complexity index is 874. The fourth-order valence-corrected chi connectivity index (χ4v) is 2.69. The third-order valence-corrected chi connectivity index (χ3v) is 4.27. The lowest BCUT2D eigenvalue weighted by molar-refractivity contribution is -0.141. The first kappa shape index (κ1) is 21.8. The molecule has 2 aromatic rings. The van der Waals surface area contributed by atoms with Crippen LogP contribution in [0.25, 0.3) is 0 Å². The van der Waals surface area contributed by atoms with Crippen LogP contribution in [0.3, 0.4) is 0 Å². The number of hydrogen-bond acceptors (Lipinski definition) is 5. The molecule has 29 heavy (non-hydrogen) atoms. The topological polar surface area (TPSA) is 109 Å². The van der Waals surface area contributed by atoms with Gasteiger partial charge in [-0.2, -0.15) is 5.26 Å². The Balaban J connectivity index is 1.92. The number of carboxylic acids is 1. The van der Waals surface area contributed by atoms with Crippen molar-refractivity contribution >= 4 is 11.9 Å². The van der Waals surface area contributed by atoms with Gasteiger partial charge in [0.2, 0.25) is 0 Å². The summed E-state index contributed by atoms with van der Waals surface area (Å²) in [5, 5.41) is 21.2. The molecule has 0 aliphatic carbocycles. The van der Waals surface area contributed by atoms with Gasteiger partial charge in [0.1, 0.15) is 17.6 Å². The first-order valence-electron chi connectivity index (χ1n) is 9.32. The molecular formula is C22H24N2O5. The Hall–Kier alpha value is -3.53. The Kier molecular flexibility index (Phi) is 8.04. The molecule has 0 radical (unpaired) electrons. The molecule has 0 saturated heterocycles. The van der Waals surface area contributed by atoms with Gasteiger partial charge in [-0.25, -0.2) is 0 Å². The van der Waals surface area contributed by atoms with Crippen LogP contribution in [0.15, 0.2) is 48.5 Å². The van der Waals surface area contributed by atoms with Gasteiger partial charge in [-0.1, -0.05) is 24.3 Å². The highest BCUT2D eigenvalue weighted by Crippen LogP contribution is 2.18. The van der Waals surface area contributed by atoms with Crippen molar-refractivity contribution in [1.29, 1.82) is 5.26 Å². The summed E-state index contributed by atoms with van der Waals surface area (Å²) < 4.78 is 10.9. The zero-order valence-corrected chi connectivity index (χ0v) is 16.4. The number of carbonyl (C=O) groups excluding carboxylic acids is 1. The SMILES string of the molecule is CCOc1ccc(CC(CNC(=O)C(C)Oc2ccccc2C#N)C(=O)O)cc1. The molecule has 7 nitrogen and oxygen atoms in total. The van der Waals surface area contributed by atoms with Gasteiger partial charge in [-0.15, -0.1) is 0 Å². The van der Waals surface area contributed by atoms with Crippen LogP contribution in [0.5, 0.6) is 11.5 Å². The van der Waals surface area contributed by atoms with E-state index >= 15 is 0 Å². The normalized spacial score (nSPS) is 12.3. The number of rotatable bonds is 10. The minimum Gasteiger partial charge on any atom is -0.494 e. The van der Waals surface area contributed by atoms with Crippen molar-refractivity contribution in [1.82, 2.24) is 5.32 Å². The van der Waals surface area contributed by atoms with Gasteiger partial charge < -0.3 is 19.9 Å². The number of para-hydroxylation sites is 1. The second-order valence-corrected chi connectivity index (χ2v) is 6.43. The number of hydrogen-bond donors (Lipinski definition) is 2. The molecular weight excluding hydrogens is 372 g/mol. The lowest BCUT2D eigenvalue weighted by atomic mass is 9.99. The summed E-state index contributed by atoms with van der Waals surface area (Å²) in [7, 11) is 0. The van der Waals surface area contributed by atoms with E-state index in [1.807, 2.05) is 25.1 Å². The molecule has 2 rings (SSSR count). The van der Waals surface area contributed by atoms with Crippen LogP contribution in [-0.2, 0) is 16.0 Å². The molecule has 7 heteroatoms. The van der Waals surface area contributed by atoms with E-state index in [1.165, 1.54) is 0 Å². The van der Waals surface area contributed by atoms with Crippen molar-refractivity contribution in [3.8, 4) is 17.6 Å². The van der Waals surface area contributed by atoms with Crippen molar-refractivity contribution in [2.75, 3.05) is 13.2 Å². The van der Waals surface area contributed by atoms with Gasteiger partial charge in [-0.3, -0.25) is 9.59 Å². The molecule has 2 atom stereocenters. The Morgan fingerprint density at radius 2 is 1.86 bits per heavy atom. The zero-order valence-electron chi connectivity index (χ0n) is 16.4. The van der Waals surface area contributed by atoms with Crippen molar-refractivity contribution in [3.05, 3.63) is 59.7 Å². The maximum absolute atomic E-state index is 12.3. The number of carbonyl (C=O) groups is 2. The van der Waals surface area contributed by atoms with E-state index in [4.69, 9.17) is 14.7 Å². The van der Waals surface area contributed by atoms with Crippen LogP contribution >= 0.6 is 0 Å². The van der Waals surface area contributed by atoms with Gasteiger partial charge >= 0.3 is 5.97 Å². The van der Waals surface area contributed by atoms with Crippen LogP contribution < -0.4 is 14.8 Å². The zero-order chi connectivity index (χ0) is 21.2. The molecule has 2 aromatic carbocycles. The number of ether oxygens (including phenoxy) is 2. The van der Waals surface area contributed by atoms with E-state index in [9.17, 15) is 14.7 Å². The third kappa shape index (κ3) is 6.54. The standard InChI is InChI=1S/C22H24N2O5/c1-3-28-19-10-8-16(9-11-19)12-18(22(26)27)14-24-21(25)15(2)29-20-7-5-4-6-17(20)13-23/h4-11,15,18H,3,12,14H2,1-2H3,(H,24,25)(H,26,27). The first-order valence-corrected chi connectivity index (χ1v) is 9.32. The highest BCUT2D eigenvalue weighted by molar-refractivity contribution is 5.81. The fraction of sp³-hybridized carbons (Fsp3) is 0.318. The maximum Gasteiger partial charge on any atom is 0.308 e. The van der Waals surface area contributed by atoms with Crippen molar-refractivity contribution < 1.29 is 24.2 Å². The van der Waals surface area contributed by atoms with Crippen LogP contribution in [0, 0.1) is 17.2 Å². The predicted molar refractivity (Wildman–Crippen MR) is 107 cm³/mol. The minimum atomic E-state index is -0.998. The van der Waals surface area contributed by atoms with Gasteiger partial charge in [0.15, 0.2) is 6.10 Å². The summed E-state index contributed by atoms with van der Waals surface area (Å²) in [5.41, 5.74) is 1.16. The average Bonchev–Trinajstić information content (AvgIpc) is 2.72. The number of benzene rings is 2. The molecule has 0 heterocycles. The predicted octanol–water partition coefficient (Wildman–Crippen LogP) is 2.78. The molecule has 2 unspecified atom stereocenters. The van der Waals surface area contributed by atoms with Gasteiger partial charge in [-0.05, 0) is 50.1 Å². The maximum atomic E-state index is 12.3. The lowest BCUT2D eigenvalue weighted by Gasteiger charge is -2.18. The van der Waals surface area contributed by atoms with Crippen LogP contribution in [0.2, 0.25) is 0 Å². The van der Waals surface area contributed by atoms with E-state index in [0.29, 0.717) is 17.9 Å². The van der Waals surface area contributed by atoms with E-state index in [1.54, 1.807) is 43.3 Å². The Morgan fingerprint density at radius 1 is 1.17 bits per heavy atom. The summed E-state index contributed by atoms with van der Waals surface area (Å²) in [4.78, 5) is 23.9. The second kappa shape index (κ2) is 10.7. The number of nitrogens with zero attached hydrogens (tertiary/aromatic N) is 1. The van der Waals surface area contributed by atoms with Crippen molar-refractivity contribution in [2.45, 2.75) is 26.4 Å². The number of amides is 1. The molecule has 0 spiro atoms. The van der Waals surface area contributed by atoms with Gasteiger partial charge in [0.05, 0.1) is 18.1 Å². The van der Waals surface area contributed by atoms with E-state index in [2.05, 4.69) is 5.32 Å². The molecule has 0 bridgehead atoms.